The second-order valence-corrected chi connectivity index (χ2v) is 9.47. The van der Waals surface area contributed by atoms with Gasteiger partial charge in [0.1, 0.15) is 0 Å². The molecule has 1 saturated carbocycles. The summed E-state index contributed by atoms with van der Waals surface area (Å²) in [5, 5.41) is 0. The van der Waals surface area contributed by atoms with Crippen LogP contribution in [-0.2, 0) is 14.9 Å². The Morgan fingerprint density at radius 3 is 2.38 bits per heavy atom. The Bertz CT molecular complexity index is 1210. The van der Waals surface area contributed by atoms with Crippen LogP contribution in [0.4, 0.5) is 0 Å². The topological polar surface area (TPSA) is 43.4 Å². The smallest absolute Gasteiger partial charge is 0.313 e. The van der Waals surface area contributed by atoms with Gasteiger partial charge in [0.2, 0.25) is 0 Å². The van der Waals surface area contributed by atoms with Crippen molar-refractivity contribution in [2.75, 3.05) is 7.11 Å². The van der Waals surface area contributed by atoms with E-state index in [1.807, 2.05) is 24.3 Å². The van der Waals surface area contributed by atoms with Crippen molar-refractivity contribution in [1.29, 1.82) is 0 Å². The van der Waals surface area contributed by atoms with Gasteiger partial charge in [-0.05, 0) is 52.8 Å². The molecular formula is C29H26O3. The number of hydrogen-bond donors (Lipinski definition) is 0. The van der Waals surface area contributed by atoms with Crippen LogP contribution in [-0.4, -0.2) is 18.9 Å². The number of esters is 1. The molecule has 0 saturated heterocycles. The van der Waals surface area contributed by atoms with E-state index in [0.29, 0.717) is 6.42 Å². The van der Waals surface area contributed by atoms with Gasteiger partial charge in [-0.1, -0.05) is 78.9 Å². The van der Waals surface area contributed by atoms with Gasteiger partial charge in [-0.15, -0.1) is 0 Å². The molecule has 3 nitrogen and oxygen atoms in total. The minimum absolute atomic E-state index is 0.0193. The van der Waals surface area contributed by atoms with E-state index in [9.17, 15) is 9.59 Å². The van der Waals surface area contributed by atoms with Gasteiger partial charge in [0.15, 0.2) is 5.78 Å². The highest BCUT2D eigenvalue weighted by atomic mass is 16.5. The number of rotatable bonds is 2. The number of carbonyl (C=O) groups excluding carboxylic acids is 2. The molecular weight excluding hydrogens is 396 g/mol. The Morgan fingerprint density at radius 1 is 0.906 bits per heavy atom. The highest BCUT2D eigenvalue weighted by Crippen LogP contribution is 2.66. The van der Waals surface area contributed by atoms with Crippen LogP contribution >= 0.6 is 0 Å². The van der Waals surface area contributed by atoms with Gasteiger partial charge in [0, 0.05) is 17.4 Å². The number of fused-ring (bicyclic) bond motifs is 2. The lowest BCUT2D eigenvalue weighted by Gasteiger charge is -2.59. The Morgan fingerprint density at radius 2 is 1.59 bits per heavy atom. The molecule has 1 fully saturated rings. The van der Waals surface area contributed by atoms with E-state index < -0.39 is 0 Å². The Hall–Kier alpha value is -3.20. The Labute approximate surface area is 188 Å². The summed E-state index contributed by atoms with van der Waals surface area (Å²) in [5.41, 5.74) is 5.31. The van der Waals surface area contributed by atoms with Crippen molar-refractivity contribution in [1.82, 2.24) is 0 Å². The molecule has 0 radical (unpaired) electrons. The fourth-order valence-corrected chi connectivity index (χ4v) is 7.27. The highest BCUT2D eigenvalue weighted by Gasteiger charge is 2.62. The summed E-state index contributed by atoms with van der Waals surface area (Å²) < 4.78 is 5.37. The molecule has 3 aromatic rings. The largest absolute Gasteiger partial charge is 0.469 e. The summed E-state index contributed by atoms with van der Waals surface area (Å²) >= 11 is 0. The third-order valence-corrected chi connectivity index (χ3v) is 8.37. The number of benzene rings is 3. The van der Waals surface area contributed by atoms with Crippen LogP contribution in [0.1, 0.15) is 63.7 Å². The molecule has 6 rings (SSSR count). The number of hydrogen-bond acceptors (Lipinski definition) is 3. The average Bonchev–Trinajstić information content (AvgIpc) is 2.85. The fraction of sp³-hybridized carbons (Fsp3) is 0.310. The lowest BCUT2D eigenvalue weighted by Crippen LogP contribution is -2.56. The third-order valence-electron chi connectivity index (χ3n) is 8.37. The molecule has 0 amide bonds. The van der Waals surface area contributed by atoms with Crippen molar-refractivity contribution >= 4 is 11.8 Å². The highest BCUT2D eigenvalue weighted by molar-refractivity contribution is 6.00. The van der Waals surface area contributed by atoms with E-state index in [-0.39, 0.29) is 40.8 Å². The Balaban J connectivity index is 1.66. The van der Waals surface area contributed by atoms with Crippen molar-refractivity contribution in [2.45, 2.75) is 36.5 Å². The molecule has 3 aliphatic rings. The van der Waals surface area contributed by atoms with E-state index in [1.165, 1.54) is 18.2 Å². The molecule has 0 spiro atoms. The Kier molecular flexibility index (Phi) is 4.36. The van der Waals surface area contributed by atoms with E-state index in [4.69, 9.17) is 4.74 Å². The molecule has 32 heavy (non-hydrogen) atoms. The van der Waals surface area contributed by atoms with Crippen molar-refractivity contribution in [3.05, 3.63) is 107 Å². The predicted molar refractivity (Wildman–Crippen MR) is 123 cm³/mol. The first-order valence-electron chi connectivity index (χ1n) is 11.5. The minimum Gasteiger partial charge on any atom is -0.469 e. The maximum atomic E-state index is 13.4. The van der Waals surface area contributed by atoms with Crippen LogP contribution in [0.3, 0.4) is 0 Å². The molecule has 3 aromatic carbocycles. The quantitative estimate of drug-likeness (QED) is 0.502. The zero-order valence-electron chi connectivity index (χ0n) is 18.2. The second kappa shape index (κ2) is 7.16. The molecule has 5 atom stereocenters. The first-order chi connectivity index (χ1) is 15.7. The van der Waals surface area contributed by atoms with Crippen LogP contribution in [0.25, 0.3) is 0 Å². The average molecular weight is 423 g/mol. The van der Waals surface area contributed by atoms with E-state index in [2.05, 4.69) is 54.6 Å². The summed E-state index contributed by atoms with van der Waals surface area (Å²) in [6.45, 7) is 0. The van der Waals surface area contributed by atoms with Crippen molar-refractivity contribution < 1.29 is 14.3 Å². The van der Waals surface area contributed by atoms with Crippen molar-refractivity contribution in [2.24, 2.45) is 11.8 Å². The summed E-state index contributed by atoms with van der Waals surface area (Å²) in [6, 6.07) is 27.1. The summed E-state index contributed by atoms with van der Waals surface area (Å²) in [6.07, 6.45) is 2.44. The normalized spacial score (nSPS) is 30.0. The zero-order chi connectivity index (χ0) is 21.9. The van der Waals surface area contributed by atoms with Crippen LogP contribution in [0.5, 0.6) is 0 Å². The van der Waals surface area contributed by atoms with Crippen LogP contribution in [0.15, 0.2) is 78.9 Å². The molecule has 3 heteroatoms. The van der Waals surface area contributed by atoms with Crippen LogP contribution in [0.2, 0.25) is 0 Å². The number of methoxy groups -OCH3 is 1. The molecule has 0 unspecified atom stereocenters. The SMILES string of the molecule is COC(=O)[C@H]1c2ccccc2[C@]23CC[C@@H](c4ccccc4)[C@H]1[C@H]2CC(=O)c1ccccc13. The van der Waals surface area contributed by atoms with Gasteiger partial charge in [-0.2, -0.15) is 0 Å². The number of carbonyl (C=O) groups is 2. The van der Waals surface area contributed by atoms with Gasteiger partial charge in [-0.3, -0.25) is 9.59 Å². The lowest BCUT2D eigenvalue weighted by atomic mass is 9.42. The third kappa shape index (κ3) is 2.48. The van der Waals surface area contributed by atoms with Gasteiger partial charge in [-0.25, -0.2) is 0 Å². The van der Waals surface area contributed by atoms with Gasteiger partial charge < -0.3 is 4.74 Å². The molecule has 2 bridgehead atoms. The number of ketones is 1. The zero-order valence-corrected chi connectivity index (χ0v) is 18.2. The molecule has 3 aliphatic carbocycles. The first-order valence-corrected chi connectivity index (χ1v) is 11.5. The maximum Gasteiger partial charge on any atom is 0.313 e. The van der Waals surface area contributed by atoms with Gasteiger partial charge >= 0.3 is 5.97 Å². The predicted octanol–water partition coefficient (Wildman–Crippen LogP) is 5.64. The standard InChI is InChI=1S/C29H26O3/c1-32-28(31)27-21-12-6-8-14-23(21)29-16-15-19(18-9-3-2-4-10-18)26(27)24(29)17-25(30)20-11-5-7-13-22(20)29/h2-14,19,24,26-27H,15-17H2,1H3/t19-,24+,26-,27-,29+/m0/s1. The molecule has 160 valence electrons. The first kappa shape index (κ1) is 19.5. The summed E-state index contributed by atoms with van der Waals surface area (Å²) in [5.74, 6) is -0.0514. The van der Waals surface area contributed by atoms with E-state index in [1.54, 1.807) is 0 Å². The van der Waals surface area contributed by atoms with Crippen molar-refractivity contribution in [3.8, 4) is 0 Å². The molecule has 0 heterocycles. The summed E-state index contributed by atoms with van der Waals surface area (Å²) in [7, 11) is 1.48. The number of Topliss-reactive ketones (excluding diaryl/α,β-unsaturated/α-hetero) is 1. The minimum atomic E-state index is -0.363. The van der Waals surface area contributed by atoms with Crippen LogP contribution < -0.4 is 0 Å². The summed E-state index contributed by atoms with van der Waals surface area (Å²) in [4.78, 5) is 26.7. The van der Waals surface area contributed by atoms with E-state index in [0.717, 1.165) is 29.5 Å². The van der Waals surface area contributed by atoms with E-state index >= 15 is 0 Å². The fourth-order valence-electron chi connectivity index (χ4n) is 7.27. The van der Waals surface area contributed by atoms with Gasteiger partial charge in [0.25, 0.3) is 0 Å². The molecule has 0 aliphatic heterocycles. The molecule has 0 aromatic heterocycles. The van der Waals surface area contributed by atoms with Crippen molar-refractivity contribution in [3.63, 3.8) is 0 Å². The molecule has 0 N–H and O–H groups in total. The monoisotopic (exact) mass is 422 g/mol. The van der Waals surface area contributed by atoms with Crippen LogP contribution in [0, 0.1) is 11.8 Å². The lowest BCUT2D eigenvalue weighted by molar-refractivity contribution is -0.146. The maximum absolute atomic E-state index is 13.4. The second-order valence-electron chi connectivity index (χ2n) is 9.47. The number of ether oxygens (including phenoxy) is 1. The van der Waals surface area contributed by atoms with Gasteiger partial charge in [0.05, 0.1) is 13.0 Å².